The van der Waals surface area contributed by atoms with Crippen molar-refractivity contribution in [2.45, 2.75) is 51.2 Å². The predicted octanol–water partition coefficient (Wildman–Crippen LogP) is 2.78. The molecule has 0 bridgehead atoms. The third-order valence-corrected chi connectivity index (χ3v) is 4.36. The number of aryl methyl sites for hydroxylation is 1. The first-order valence-corrected chi connectivity index (χ1v) is 7.77. The van der Waals surface area contributed by atoms with Crippen molar-refractivity contribution < 1.29 is 5.11 Å². The second kappa shape index (κ2) is 5.98. The van der Waals surface area contributed by atoms with Crippen LogP contribution in [0.1, 0.15) is 37.4 Å². The number of H-pyrrole nitrogens is 1. The van der Waals surface area contributed by atoms with Crippen molar-refractivity contribution in [1.82, 2.24) is 10.3 Å². The highest BCUT2D eigenvalue weighted by Gasteiger charge is 2.22. The summed E-state index contributed by atoms with van der Waals surface area (Å²) in [5, 5.41) is 14.7. The van der Waals surface area contributed by atoms with E-state index in [0.717, 1.165) is 38.6 Å². The molecule has 3 nitrogen and oxygen atoms in total. The lowest BCUT2D eigenvalue weighted by Gasteiger charge is -2.25. The Morgan fingerprint density at radius 2 is 2.25 bits per heavy atom. The highest BCUT2D eigenvalue weighted by atomic mass is 16.3. The minimum atomic E-state index is -0.204. The summed E-state index contributed by atoms with van der Waals surface area (Å²) in [5.41, 5.74) is 4.12. The van der Waals surface area contributed by atoms with Gasteiger partial charge in [-0.15, -0.1) is 0 Å². The molecule has 0 saturated heterocycles. The topological polar surface area (TPSA) is 48.0 Å². The molecule has 0 amide bonds. The van der Waals surface area contributed by atoms with E-state index in [-0.39, 0.29) is 6.10 Å². The van der Waals surface area contributed by atoms with Gasteiger partial charge in [0.1, 0.15) is 0 Å². The first-order chi connectivity index (χ1) is 9.78. The van der Waals surface area contributed by atoms with Gasteiger partial charge in [0.15, 0.2) is 0 Å². The van der Waals surface area contributed by atoms with Gasteiger partial charge in [0.05, 0.1) is 6.10 Å². The Bertz CT molecular complexity index is 575. The number of benzene rings is 1. The second-order valence-corrected chi connectivity index (χ2v) is 5.92. The fourth-order valence-electron chi connectivity index (χ4n) is 3.28. The third kappa shape index (κ3) is 2.74. The zero-order valence-electron chi connectivity index (χ0n) is 12.2. The van der Waals surface area contributed by atoms with E-state index in [0.29, 0.717) is 6.04 Å². The molecule has 1 aliphatic rings. The van der Waals surface area contributed by atoms with Crippen LogP contribution >= 0.6 is 0 Å². The zero-order chi connectivity index (χ0) is 13.9. The average molecular weight is 272 g/mol. The summed E-state index contributed by atoms with van der Waals surface area (Å²) in [5.74, 6) is 0. The van der Waals surface area contributed by atoms with Gasteiger partial charge in [0.25, 0.3) is 0 Å². The SMILES string of the molecule is CCCC(O)CNC1CCc2[nH]c3ccccc3c2C1. The standard InChI is InChI=1S/C17H24N2O/c1-2-5-13(20)11-18-12-8-9-17-15(10-12)14-6-3-4-7-16(14)19-17/h3-4,6-7,12-13,18-20H,2,5,8-11H2,1H3. The Morgan fingerprint density at radius 3 is 3.10 bits per heavy atom. The van der Waals surface area contributed by atoms with Crippen LogP contribution < -0.4 is 5.32 Å². The van der Waals surface area contributed by atoms with Gasteiger partial charge in [0.2, 0.25) is 0 Å². The number of rotatable bonds is 5. The minimum absolute atomic E-state index is 0.204. The van der Waals surface area contributed by atoms with Crippen LogP contribution in [0.15, 0.2) is 24.3 Å². The van der Waals surface area contributed by atoms with Gasteiger partial charge in [-0.1, -0.05) is 31.5 Å². The molecule has 0 saturated carbocycles. The molecule has 2 aromatic rings. The highest BCUT2D eigenvalue weighted by Crippen LogP contribution is 2.28. The number of aromatic nitrogens is 1. The molecule has 0 spiro atoms. The van der Waals surface area contributed by atoms with Crippen LogP contribution in [-0.4, -0.2) is 28.8 Å². The number of aliphatic hydroxyl groups excluding tert-OH is 1. The van der Waals surface area contributed by atoms with Gasteiger partial charge in [0, 0.05) is 29.2 Å². The monoisotopic (exact) mass is 272 g/mol. The molecular formula is C17H24N2O. The number of aliphatic hydroxyl groups is 1. The molecule has 1 aromatic carbocycles. The van der Waals surface area contributed by atoms with Crippen molar-refractivity contribution in [3.05, 3.63) is 35.5 Å². The van der Waals surface area contributed by atoms with E-state index in [1.54, 1.807) is 0 Å². The van der Waals surface area contributed by atoms with Gasteiger partial charge in [-0.05, 0) is 37.3 Å². The maximum atomic E-state index is 9.84. The molecule has 3 heteroatoms. The fourth-order valence-corrected chi connectivity index (χ4v) is 3.28. The molecule has 108 valence electrons. The zero-order valence-corrected chi connectivity index (χ0v) is 12.2. The van der Waals surface area contributed by atoms with E-state index in [1.807, 2.05) is 0 Å². The molecule has 0 fully saturated rings. The number of para-hydroxylation sites is 1. The summed E-state index contributed by atoms with van der Waals surface area (Å²) in [6.45, 7) is 2.83. The number of fused-ring (bicyclic) bond motifs is 3. The van der Waals surface area contributed by atoms with Crippen LogP contribution in [0.4, 0.5) is 0 Å². The quantitative estimate of drug-likeness (QED) is 0.784. The smallest absolute Gasteiger partial charge is 0.0664 e. The van der Waals surface area contributed by atoms with Gasteiger partial charge in [-0.3, -0.25) is 0 Å². The van der Waals surface area contributed by atoms with Crippen LogP contribution in [0.25, 0.3) is 10.9 Å². The highest BCUT2D eigenvalue weighted by molar-refractivity contribution is 5.84. The van der Waals surface area contributed by atoms with Crippen molar-refractivity contribution >= 4 is 10.9 Å². The molecule has 3 rings (SSSR count). The Labute approximate surface area is 120 Å². The largest absolute Gasteiger partial charge is 0.392 e. The minimum Gasteiger partial charge on any atom is -0.392 e. The lowest BCUT2D eigenvalue weighted by molar-refractivity contribution is 0.155. The van der Waals surface area contributed by atoms with E-state index < -0.39 is 0 Å². The van der Waals surface area contributed by atoms with Gasteiger partial charge in [-0.2, -0.15) is 0 Å². The predicted molar refractivity (Wildman–Crippen MR) is 83.0 cm³/mol. The van der Waals surface area contributed by atoms with Crippen LogP contribution in [0.3, 0.4) is 0 Å². The normalized spacial score (nSPS) is 20.0. The summed E-state index contributed by atoms with van der Waals surface area (Å²) in [4.78, 5) is 3.54. The number of hydrogen-bond donors (Lipinski definition) is 3. The van der Waals surface area contributed by atoms with Crippen LogP contribution in [0.5, 0.6) is 0 Å². The first kappa shape index (κ1) is 13.7. The lowest BCUT2D eigenvalue weighted by Crippen LogP contribution is -2.39. The average Bonchev–Trinajstić information content (AvgIpc) is 2.83. The van der Waals surface area contributed by atoms with E-state index in [9.17, 15) is 5.11 Å². The van der Waals surface area contributed by atoms with E-state index in [1.165, 1.54) is 22.2 Å². The van der Waals surface area contributed by atoms with Crippen molar-refractivity contribution in [2.75, 3.05) is 6.54 Å². The van der Waals surface area contributed by atoms with E-state index >= 15 is 0 Å². The second-order valence-electron chi connectivity index (χ2n) is 5.92. The Hall–Kier alpha value is -1.32. The molecule has 1 heterocycles. The maximum Gasteiger partial charge on any atom is 0.0664 e. The fraction of sp³-hybridized carbons (Fsp3) is 0.529. The molecule has 1 aromatic heterocycles. The third-order valence-electron chi connectivity index (χ3n) is 4.36. The maximum absolute atomic E-state index is 9.84. The summed E-state index contributed by atoms with van der Waals surface area (Å²) >= 11 is 0. The van der Waals surface area contributed by atoms with Crippen molar-refractivity contribution in [1.29, 1.82) is 0 Å². The van der Waals surface area contributed by atoms with Crippen LogP contribution in [0.2, 0.25) is 0 Å². The molecule has 0 radical (unpaired) electrons. The molecule has 2 atom stereocenters. The summed E-state index contributed by atoms with van der Waals surface area (Å²) in [6.07, 6.45) is 5.05. The van der Waals surface area contributed by atoms with Crippen LogP contribution in [-0.2, 0) is 12.8 Å². The van der Waals surface area contributed by atoms with Gasteiger partial charge < -0.3 is 15.4 Å². The molecule has 2 unspecified atom stereocenters. The molecule has 0 aliphatic heterocycles. The first-order valence-electron chi connectivity index (χ1n) is 7.77. The Morgan fingerprint density at radius 1 is 1.40 bits per heavy atom. The Balaban J connectivity index is 1.68. The summed E-state index contributed by atoms with van der Waals surface area (Å²) in [7, 11) is 0. The van der Waals surface area contributed by atoms with Crippen molar-refractivity contribution in [3.8, 4) is 0 Å². The van der Waals surface area contributed by atoms with E-state index in [2.05, 4.69) is 41.5 Å². The summed E-state index contributed by atoms with van der Waals surface area (Å²) < 4.78 is 0. The molecule has 1 aliphatic carbocycles. The summed E-state index contributed by atoms with van der Waals surface area (Å²) in [6, 6.07) is 9.05. The van der Waals surface area contributed by atoms with E-state index in [4.69, 9.17) is 0 Å². The van der Waals surface area contributed by atoms with Crippen LogP contribution in [0, 0.1) is 0 Å². The van der Waals surface area contributed by atoms with Crippen molar-refractivity contribution in [3.63, 3.8) is 0 Å². The number of hydrogen-bond acceptors (Lipinski definition) is 2. The molecule has 3 N–H and O–H groups in total. The van der Waals surface area contributed by atoms with Gasteiger partial charge in [-0.25, -0.2) is 0 Å². The molecule has 20 heavy (non-hydrogen) atoms. The van der Waals surface area contributed by atoms with Crippen molar-refractivity contribution in [2.24, 2.45) is 0 Å². The number of aromatic amines is 1. The van der Waals surface area contributed by atoms with Gasteiger partial charge >= 0.3 is 0 Å². The molecular weight excluding hydrogens is 248 g/mol. The Kier molecular flexibility index (Phi) is 4.08. The number of nitrogens with one attached hydrogen (secondary N) is 2. The lowest BCUT2D eigenvalue weighted by atomic mass is 9.91.